The Labute approximate surface area is 110 Å². The van der Waals surface area contributed by atoms with E-state index < -0.39 is 6.10 Å². The Morgan fingerprint density at radius 2 is 2.37 bits per heavy atom. The number of aromatic nitrogens is 2. The van der Waals surface area contributed by atoms with Crippen LogP contribution in [-0.2, 0) is 9.53 Å². The smallest absolute Gasteiger partial charge is 0.257 e. The van der Waals surface area contributed by atoms with Crippen LogP contribution >= 0.6 is 0 Å². The van der Waals surface area contributed by atoms with E-state index >= 15 is 0 Å². The van der Waals surface area contributed by atoms with Gasteiger partial charge in [-0.2, -0.15) is 0 Å². The second-order valence-corrected chi connectivity index (χ2v) is 4.49. The lowest BCUT2D eigenvalue weighted by molar-refractivity contribution is -0.132. The number of anilines is 1. The van der Waals surface area contributed by atoms with Crippen LogP contribution in [-0.4, -0.2) is 35.1 Å². The number of amides is 1. The molecular formula is C13H14N4O2. The molecule has 0 saturated carbocycles. The lowest BCUT2D eigenvalue weighted by Gasteiger charge is -2.24. The molecule has 0 aromatic carbocycles. The molecule has 1 aromatic heterocycles. The van der Waals surface area contributed by atoms with Crippen molar-refractivity contribution in [3.63, 3.8) is 0 Å². The predicted molar refractivity (Wildman–Crippen MR) is 69.1 cm³/mol. The number of carbonyl (C=O) groups excluding carboxylic acids is 1. The molecule has 2 aliphatic heterocycles. The Bertz CT molecular complexity index is 541. The largest absolute Gasteiger partial charge is 0.358 e. The molecule has 3 rings (SSSR count). The van der Waals surface area contributed by atoms with E-state index in [1.165, 1.54) is 0 Å². The first kappa shape index (κ1) is 11.9. The molecule has 1 aromatic rings. The molecule has 1 N–H and O–H groups in total. The first-order valence-corrected chi connectivity index (χ1v) is 6.07. The van der Waals surface area contributed by atoms with Crippen LogP contribution < -0.4 is 10.2 Å². The molecule has 98 valence electrons. The quantitative estimate of drug-likeness (QED) is 0.841. The summed E-state index contributed by atoms with van der Waals surface area (Å²) in [6.07, 6.45) is 7.15. The summed E-state index contributed by atoms with van der Waals surface area (Å²) in [5.74, 6) is 0.627. The van der Waals surface area contributed by atoms with E-state index in [1.807, 2.05) is 11.1 Å². The van der Waals surface area contributed by atoms with Gasteiger partial charge in [-0.15, -0.1) is 0 Å². The number of hydrogen-bond acceptors (Lipinski definition) is 5. The van der Waals surface area contributed by atoms with Gasteiger partial charge in [0.2, 0.25) is 0 Å². The van der Waals surface area contributed by atoms with Crippen molar-refractivity contribution < 1.29 is 9.53 Å². The molecule has 1 fully saturated rings. The van der Waals surface area contributed by atoms with Crippen molar-refractivity contribution in [3.8, 4) is 0 Å². The number of ether oxygens (including phenoxy) is 1. The molecule has 0 radical (unpaired) electrons. The molecule has 1 saturated heterocycles. The molecule has 0 aliphatic carbocycles. The van der Waals surface area contributed by atoms with Crippen LogP contribution in [0.1, 0.15) is 6.42 Å². The van der Waals surface area contributed by atoms with E-state index in [0.29, 0.717) is 12.3 Å². The number of nitrogens with one attached hydrogen (secondary N) is 1. The molecule has 19 heavy (non-hydrogen) atoms. The fourth-order valence-electron chi connectivity index (χ4n) is 2.21. The van der Waals surface area contributed by atoms with Crippen molar-refractivity contribution >= 4 is 11.7 Å². The Morgan fingerprint density at radius 1 is 1.47 bits per heavy atom. The highest BCUT2D eigenvalue weighted by Gasteiger charge is 2.31. The third-order valence-corrected chi connectivity index (χ3v) is 3.11. The zero-order valence-electron chi connectivity index (χ0n) is 10.4. The lowest BCUT2D eigenvalue weighted by atomic mass is 10.1. The number of rotatable bonds is 2. The monoisotopic (exact) mass is 258 g/mol. The van der Waals surface area contributed by atoms with Crippen LogP contribution in [0.25, 0.3) is 0 Å². The second-order valence-electron chi connectivity index (χ2n) is 4.49. The lowest BCUT2D eigenvalue weighted by Crippen LogP contribution is -2.43. The van der Waals surface area contributed by atoms with Crippen LogP contribution in [0.2, 0.25) is 0 Å². The van der Waals surface area contributed by atoms with Crippen molar-refractivity contribution in [3.05, 3.63) is 42.6 Å². The molecule has 6 heteroatoms. The highest BCUT2D eigenvalue weighted by Crippen LogP contribution is 2.25. The minimum atomic E-state index is -0.521. The van der Waals surface area contributed by atoms with Crippen molar-refractivity contribution in [1.82, 2.24) is 15.3 Å². The van der Waals surface area contributed by atoms with Gasteiger partial charge in [-0.3, -0.25) is 9.78 Å². The Hall–Kier alpha value is -2.21. The number of hydrogen-bond donors (Lipinski definition) is 1. The van der Waals surface area contributed by atoms with E-state index in [4.69, 9.17) is 4.74 Å². The van der Waals surface area contributed by atoms with E-state index in [0.717, 1.165) is 24.4 Å². The van der Waals surface area contributed by atoms with E-state index in [-0.39, 0.29) is 5.91 Å². The topological polar surface area (TPSA) is 67.3 Å². The average molecular weight is 258 g/mol. The number of carbonyl (C=O) groups is 1. The summed E-state index contributed by atoms with van der Waals surface area (Å²) in [6, 6.07) is 0. The summed E-state index contributed by atoms with van der Waals surface area (Å²) in [5.41, 5.74) is 1.56. The van der Waals surface area contributed by atoms with Gasteiger partial charge in [-0.25, -0.2) is 4.98 Å². The summed E-state index contributed by atoms with van der Waals surface area (Å²) < 4.78 is 5.53. The molecule has 1 unspecified atom stereocenters. The third kappa shape index (κ3) is 2.34. The van der Waals surface area contributed by atoms with Crippen molar-refractivity contribution in [1.29, 1.82) is 0 Å². The van der Waals surface area contributed by atoms with Gasteiger partial charge in [0.05, 0.1) is 12.8 Å². The van der Waals surface area contributed by atoms with Crippen LogP contribution in [0.15, 0.2) is 42.6 Å². The summed E-state index contributed by atoms with van der Waals surface area (Å²) in [4.78, 5) is 22.1. The van der Waals surface area contributed by atoms with Crippen LogP contribution in [0.4, 0.5) is 5.82 Å². The highest BCUT2D eigenvalue weighted by molar-refractivity contribution is 5.86. The molecule has 0 bridgehead atoms. The zero-order chi connectivity index (χ0) is 13.2. The first-order valence-electron chi connectivity index (χ1n) is 6.07. The van der Waals surface area contributed by atoms with E-state index in [9.17, 15) is 4.79 Å². The molecule has 0 spiro atoms. The minimum absolute atomic E-state index is 0.150. The van der Waals surface area contributed by atoms with Gasteiger partial charge >= 0.3 is 0 Å². The van der Waals surface area contributed by atoms with Gasteiger partial charge in [-0.1, -0.05) is 6.58 Å². The summed E-state index contributed by atoms with van der Waals surface area (Å²) in [6.45, 7) is 4.82. The SMILES string of the molecule is C=C1COC(C2=CN(c3cnccn3)CC2)C(=O)N1. The van der Waals surface area contributed by atoms with E-state index in [1.54, 1.807) is 18.6 Å². The molecule has 3 heterocycles. The Morgan fingerprint density at radius 3 is 3.11 bits per heavy atom. The summed E-state index contributed by atoms with van der Waals surface area (Å²) in [5, 5.41) is 2.72. The van der Waals surface area contributed by atoms with Crippen LogP contribution in [0, 0.1) is 0 Å². The van der Waals surface area contributed by atoms with Gasteiger partial charge in [0.25, 0.3) is 5.91 Å². The zero-order valence-corrected chi connectivity index (χ0v) is 10.4. The van der Waals surface area contributed by atoms with Crippen molar-refractivity contribution in [2.45, 2.75) is 12.5 Å². The van der Waals surface area contributed by atoms with Crippen molar-refractivity contribution in [2.24, 2.45) is 0 Å². The molecule has 6 nitrogen and oxygen atoms in total. The molecule has 1 amide bonds. The average Bonchev–Trinajstić information content (AvgIpc) is 2.89. The predicted octanol–water partition coefficient (Wildman–Crippen LogP) is 0.599. The molecular weight excluding hydrogens is 244 g/mol. The Balaban J connectivity index is 1.76. The molecule has 2 aliphatic rings. The summed E-state index contributed by atoms with van der Waals surface area (Å²) in [7, 11) is 0. The van der Waals surface area contributed by atoms with Gasteiger partial charge in [0, 0.05) is 30.8 Å². The van der Waals surface area contributed by atoms with Crippen LogP contribution in [0.3, 0.4) is 0 Å². The maximum absolute atomic E-state index is 11.9. The highest BCUT2D eigenvalue weighted by atomic mass is 16.5. The maximum atomic E-state index is 11.9. The van der Waals surface area contributed by atoms with E-state index in [2.05, 4.69) is 21.9 Å². The van der Waals surface area contributed by atoms with Crippen LogP contribution in [0.5, 0.6) is 0 Å². The maximum Gasteiger partial charge on any atom is 0.257 e. The fraction of sp³-hybridized carbons (Fsp3) is 0.308. The van der Waals surface area contributed by atoms with Gasteiger partial charge in [0.15, 0.2) is 11.9 Å². The van der Waals surface area contributed by atoms with Gasteiger partial charge in [0.1, 0.15) is 0 Å². The molecule has 1 atom stereocenters. The minimum Gasteiger partial charge on any atom is -0.358 e. The summed E-state index contributed by atoms with van der Waals surface area (Å²) >= 11 is 0. The Kier molecular flexibility index (Phi) is 3.00. The standard InChI is InChI=1S/C13H14N4O2/c1-9-8-19-12(13(18)16-9)10-2-5-17(7-10)11-6-14-3-4-15-11/h3-4,6-7,12H,1-2,5,8H2,(H,16,18). The van der Waals surface area contributed by atoms with Crippen molar-refractivity contribution in [2.75, 3.05) is 18.1 Å². The first-order chi connectivity index (χ1) is 9.24. The number of morpholine rings is 1. The van der Waals surface area contributed by atoms with Gasteiger partial charge in [-0.05, 0) is 12.0 Å². The number of nitrogens with zero attached hydrogens (tertiary/aromatic N) is 3. The fourth-order valence-corrected chi connectivity index (χ4v) is 2.21. The second kappa shape index (κ2) is 4.81. The van der Waals surface area contributed by atoms with Gasteiger partial charge < -0.3 is 15.0 Å². The third-order valence-electron chi connectivity index (χ3n) is 3.11. The normalized spacial score (nSPS) is 23.3.